The lowest BCUT2D eigenvalue weighted by Gasteiger charge is -2.25. The molecule has 0 radical (unpaired) electrons. The van der Waals surface area contributed by atoms with E-state index in [2.05, 4.69) is 12.2 Å². The summed E-state index contributed by atoms with van der Waals surface area (Å²) < 4.78 is 13.9. The van der Waals surface area contributed by atoms with E-state index in [1.54, 1.807) is 12.1 Å². The molecule has 0 aromatic heterocycles. The van der Waals surface area contributed by atoms with Crippen molar-refractivity contribution in [1.29, 1.82) is 0 Å². The van der Waals surface area contributed by atoms with Crippen LogP contribution in [0, 0.1) is 11.7 Å². The van der Waals surface area contributed by atoms with E-state index in [0.29, 0.717) is 24.4 Å². The van der Waals surface area contributed by atoms with Gasteiger partial charge in [0, 0.05) is 25.1 Å². The quantitative estimate of drug-likeness (QED) is 0.927. The standard InChI is InChI=1S/C15H21FN2O.ClH/c1-11-9-14(12-5-3-4-6-13(12)16)18(10-11)15(19)7-8-17-2;/h3-6,11,14,17H,7-10H2,1-2H3;1H. The Morgan fingerprint density at radius 1 is 1.45 bits per heavy atom. The fraction of sp³-hybridized carbons (Fsp3) is 0.533. The van der Waals surface area contributed by atoms with E-state index in [1.807, 2.05) is 18.0 Å². The molecule has 0 spiro atoms. The minimum Gasteiger partial charge on any atom is -0.335 e. The predicted molar refractivity (Wildman–Crippen MR) is 80.4 cm³/mol. The minimum absolute atomic E-state index is 0. The Morgan fingerprint density at radius 3 is 2.80 bits per heavy atom. The van der Waals surface area contributed by atoms with Crippen LogP contribution in [-0.4, -0.2) is 30.9 Å². The van der Waals surface area contributed by atoms with Gasteiger partial charge in [0.1, 0.15) is 5.82 Å². The monoisotopic (exact) mass is 300 g/mol. The lowest BCUT2D eigenvalue weighted by Crippen LogP contribution is -2.33. The largest absolute Gasteiger partial charge is 0.335 e. The molecule has 1 aromatic rings. The molecule has 3 nitrogen and oxygen atoms in total. The van der Waals surface area contributed by atoms with Gasteiger partial charge in [-0.05, 0) is 25.5 Å². The third-order valence-electron chi connectivity index (χ3n) is 3.68. The van der Waals surface area contributed by atoms with Crippen LogP contribution in [0.3, 0.4) is 0 Å². The Labute approximate surface area is 125 Å². The van der Waals surface area contributed by atoms with Gasteiger partial charge >= 0.3 is 0 Å². The van der Waals surface area contributed by atoms with Gasteiger partial charge in [0.25, 0.3) is 0 Å². The molecule has 0 saturated carbocycles. The fourth-order valence-corrected chi connectivity index (χ4v) is 2.74. The number of hydrogen-bond donors (Lipinski definition) is 1. The van der Waals surface area contributed by atoms with Gasteiger partial charge in [-0.1, -0.05) is 25.1 Å². The minimum atomic E-state index is -0.215. The molecule has 2 rings (SSSR count). The topological polar surface area (TPSA) is 32.3 Å². The molecule has 1 aliphatic rings. The lowest BCUT2D eigenvalue weighted by molar-refractivity contribution is -0.132. The Balaban J connectivity index is 0.00000200. The first-order valence-corrected chi connectivity index (χ1v) is 6.82. The van der Waals surface area contributed by atoms with Crippen molar-refractivity contribution in [1.82, 2.24) is 10.2 Å². The number of hydrogen-bond acceptors (Lipinski definition) is 2. The summed E-state index contributed by atoms with van der Waals surface area (Å²) in [4.78, 5) is 14.0. The van der Waals surface area contributed by atoms with E-state index in [9.17, 15) is 9.18 Å². The van der Waals surface area contributed by atoms with Gasteiger partial charge in [0.15, 0.2) is 0 Å². The van der Waals surface area contributed by atoms with Gasteiger partial charge in [-0.15, -0.1) is 12.4 Å². The molecule has 0 bridgehead atoms. The second kappa shape index (κ2) is 7.60. The number of nitrogens with zero attached hydrogens (tertiary/aromatic N) is 1. The van der Waals surface area contributed by atoms with Crippen molar-refractivity contribution in [2.45, 2.75) is 25.8 Å². The van der Waals surface area contributed by atoms with Gasteiger partial charge in [0.05, 0.1) is 6.04 Å². The summed E-state index contributed by atoms with van der Waals surface area (Å²) >= 11 is 0. The first-order valence-electron chi connectivity index (χ1n) is 6.82. The van der Waals surface area contributed by atoms with Crippen LogP contribution in [0.25, 0.3) is 0 Å². The first-order chi connectivity index (χ1) is 9.13. The molecular weight excluding hydrogens is 279 g/mol. The van der Waals surface area contributed by atoms with Crippen LogP contribution in [0.15, 0.2) is 24.3 Å². The average Bonchev–Trinajstić information content (AvgIpc) is 2.78. The number of carbonyl (C=O) groups excluding carboxylic acids is 1. The van der Waals surface area contributed by atoms with E-state index in [1.165, 1.54) is 6.07 Å². The molecule has 5 heteroatoms. The molecule has 112 valence electrons. The number of benzene rings is 1. The molecule has 20 heavy (non-hydrogen) atoms. The number of likely N-dealkylation sites (tertiary alicyclic amines) is 1. The summed E-state index contributed by atoms with van der Waals surface area (Å²) in [5.74, 6) is 0.308. The zero-order valence-corrected chi connectivity index (χ0v) is 12.8. The Kier molecular flexibility index (Phi) is 6.43. The van der Waals surface area contributed by atoms with Crippen LogP contribution in [0.5, 0.6) is 0 Å². The summed E-state index contributed by atoms with van der Waals surface area (Å²) in [5, 5.41) is 2.98. The normalized spacial score (nSPS) is 21.6. The molecule has 1 amide bonds. The van der Waals surface area contributed by atoms with E-state index < -0.39 is 0 Å². The maximum atomic E-state index is 13.9. The summed E-state index contributed by atoms with van der Waals surface area (Å²) in [6.45, 7) is 3.49. The first kappa shape index (κ1) is 16.9. The SMILES string of the molecule is CNCCC(=O)N1CC(C)CC1c1ccccc1F.Cl. The number of nitrogens with one attached hydrogen (secondary N) is 1. The number of rotatable bonds is 4. The van der Waals surface area contributed by atoms with Gasteiger partial charge < -0.3 is 10.2 Å². The third-order valence-corrected chi connectivity index (χ3v) is 3.68. The average molecular weight is 301 g/mol. The van der Waals surface area contributed by atoms with Crippen molar-refractivity contribution in [2.75, 3.05) is 20.1 Å². The maximum Gasteiger partial charge on any atom is 0.224 e. The smallest absolute Gasteiger partial charge is 0.224 e. The van der Waals surface area contributed by atoms with Gasteiger partial charge in [-0.3, -0.25) is 4.79 Å². The number of carbonyl (C=O) groups is 1. The maximum absolute atomic E-state index is 13.9. The molecular formula is C15H22ClFN2O. The highest BCUT2D eigenvalue weighted by Gasteiger charge is 2.34. The number of halogens is 2. The van der Waals surface area contributed by atoms with Crippen LogP contribution >= 0.6 is 12.4 Å². The van der Waals surface area contributed by atoms with Crippen LogP contribution in [-0.2, 0) is 4.79 Å². The summed E-state index contributed by atoms with van der Waals surface area (Å²) in [6, 6.07) is 6.66. The molecule has 1 saturated heterocycles. The van der Waals surface area contributed by atoms with Crippen molar-refractivity contribution in [2.24, 2.45) is 5.92 Å². The predicted octanol–water partition coefficient (Wildman–Crippen LogP) is 2.77. The lowest BCUT2D eigenvalue weighted by atomic mass is 10.0. The van der Waals surface area contributed by atoms with Crippen LogP contribution in [0.1, 0.15) is 31.4 Å². The van der Waals surface area contributed by atoms with Crippen LogP contribution in [0.2, 0.25) is 0 Å². The Morgan fingerprint density at radius 2 is 2.15 bits per heavy atom. The highest BCUT2D eigenvalue weighted by molar-refractivity contribution is 5.85. The van der Waals surface area contributed by atoms with E-state index in [4.69, 9.17) is 0 Å². The van der Waals surface area contributed by atoms with E-state index >= 15 is 0 Å². The Bertz CT molecular complexity index is 455. The van der Waals surface area contributed by atoms with Gasteiger partial charge in [-0.25, -0.2) is 4.39 Å². The molecule has 1 aromatic carbocycles. The zero-order chi connectivity index (χ0) is 13.8. The molecule has 0 aliphatic carbocycles. The van der Waals surface area contributed by atoms with E-state index in [-0.39, 0.29) is 30.2 Å². The summed E-state index contributed by atoms with van der Waals surface area (Å²) in [7, 11) is 1.83. The number of amides is 1. The van der Waals surface area contributed by atoms with Gasteiger partial charge in [-0.2, -0.15) is 0 Å². The molecule has 1 heterocycles. The van der Waals surface area contributed by atoms with Gasteiger partial charge in [0.2, 0.25) is 5.91 Å². The third kappa shape index (κ3) is 3.70. The molecule has 2 unspecified atom stereocenters. The van der Waals surface area contributed by atoms with Crippen molar-refractivity contribution < 1.29 is 9.18 Å². The molecule has 2 atom stereocenters. The molecule has 1 N–H and O–H groups in total. The molecule has 1 fully saturated rings. The second-order valence-electron chi connectivity index (χ2n) is 5.28. The Hall–Kier alpha value is -1.13. The fourth-order valence-electron chi connectivity index (χ4n) is 2.74. The second-order valence-corrected chi connectivity index (χ2v) is 5.28. The zero-order valence-electron chi connectivity index (χ0n) is 11.9. The molecule has 1 aliphatic heterocycles. The highest BCUT2D eigenvalue weighted by atomic mass is 35.5. The van der Waals surface area contributed by atoms with Crippen molar-refractivity contribution in [3.8, 4) is 0 Å². The van der Waals surface area contributed by atoms with Crippen LogP contribution < -0.4 is 5.32 Å². The van der Waals surface area contributed by atoms with Crippen molar-refractivity contribution >= 4 is 18.3 Å². The summed E-state index contributed by atoms with van der Waals surface area (Å²) in [6.07, 6.45) is 1.31. The highest BCUT2D eigenvalue weighted by Crippen LogP contribution is 2.36. The summed E-state index contributed by atoms with van der Waals surface area (Å²) in [5.41, 5.74) is 0.643. The van der Waals surface area contributed by atoms with Crippen molar-refractivity contribution in [3.63, 3.8) is 0 Å². The van der Waals surface area contributed by atoms with Crippen LogP contribution in [0.4, 0.5) is 4.39 Å². The van der Waals surface area contributed by atoms with Crippen molar-refractivity contribution in [3.05, 3.63) is 35.6 Å². The van der Waals surface area contributed by atoms with E-state index in [0.717, 1.165) is 13.0 Å².